The molecule has 2 heteroatoms. The molecule has 0 aromatic heterocycles. The molecule has 0 aliphatic heterocycles. The van der Waals surface area contributed by atoms with Gasteiger partial charge in [-0.25, -0.2) is 0 Å². The number of hydrogen-bond donors (Lipinski definition) is 0. The fraction of sp³-hybridized carbons (Fsp3) is 0.625. The van der Waals surface area contributed by atoms with E-state index in [2.05, 4.69) is 36.4 Å². The summed E-state index contributed by atoms with van der Waals surface area (Å²) in [4.78, 5) is 11.1. The Balaban J connectivity index is 2.79. The van der Waals surface area contributed by atoms with Gasteiger partial charge in [-0.15, -0.1) is 0 Å². The molecule has 10 heavy (non-hydrogen) atoms. The predicted molar refractivity (Wildman–Crippen MR) is 50.1 cm³/mol. The zero-order valence-corrected chi connectivity index (χ0v) is 8.44. The van der Waals surface area contributed by atoms with Crippen LogP contribution in [-0.2, 0) is 4.79 Å². The largest absolute Gasteiger partial charge is 0.294 e. The van der Waals surface area contributed by atoms with Crippen LogP contribution in [0.5, 0.6) is 0 Å². The molecule has 0 saturated carbocycles. The van der Waals surface area contributed by atoms with E-state index in [0.717, 1.165) is 10.0 Å². The van der Waals surface area contributed by atoms with Crippen LogP contribution in [-0.4, -0.2) is 5.78 Å². The van der Waals surface area contributed by atoms with Gasteiger partial charge in [0.25, 0.3) is 0 Å². The average molecular weight is 250 g/mol. The lowest BCUT2D eigenvalue weighted by Crippen LogP contribution is -2.20. The number of ketones is 1. The van der Waals surface area contributed by atoms with Crippen molar-refractivity contribution in [2.75, 3.05) is 0 Å². The minimum atomic E-state index is 0.200. The highest BCUT2D eigenvalue weighted by Crippen LogP contribution is 2.33. The molecule has 0 bridgehead atoms. The summed E-state index contributed by atoms with van der Waals surface area (Å²) >= 11 is 2.11. The van der Waals surface area contributed by atoms with Gasteiger partial charge in [0.2, 0.25) is 0 Å². The maximum atomic E-state index is 11.1. The summed E-state index contributed by atoms with van der Waals surface area (Å²) in [5.74, 6) is 0.303. The van der Waals surface area contributed by atoms with E-state index in [1.165, 1.54) is 0 Å². The monoisotopic (exact) mass is 250 g/mol. The standard InChI is InChI=1S/C8H11IO/c1-8(2)4-3-6(9)7(10)5-8/h3H,4-5H2,1-2H3. The van der Waals surface area contributed by atoms with Gasteiger partial charge in [-0.3, -0.25) is 4.79 Å². The highest BCUT2D eigenvalue weighted by Gasteiger charge is 2.26. The van der Waals surface area contributed by atoms with Crippen molar-refractivity contribution < 1.29 is 4.79 Å². The van der Waals surface area contributed by atoms with E-state index in [1.807, 2.05) is 6.08 Å². The van der Waals surface area contributed by atoms with Gasteiger partial charge in [0.15, 0.2) is 5.78 Å². The Morgan fingerprint density at radius 3 is 2.60 bits per heavy atom. The van der Waals surface area contributed by atoms with E-state index >= 15 is 0 Å². The van der Waals surface area contributed by atoms with Crippen molar-refractivity contribution in [2.45, 2.75) is 26.7 Å². The number of hydrogen-bond acceptors (Lipinski definition) is 1. The van der Waals surface area contributed by atoms with Crippen LogP contribution in [0.3, 0.4) is 0 Å². The number of halogens is 1. The molecular formula is C8H11IO. The van der Waals surface area contributed by atoms with Gasteiger partial charge in [0.1, 0.15) is 0 Å². The fourth-order valence-corrected chi connectivity index (χ4v) is 1.48. The molecule has 0 saturated heterocycles. The first-order valence-electron chi connectivity index (χ1n) is 3.40. The quantitative estimate of drug-likeness (QED) is 0.604. The number of carbonyl (C=O) groups is 1. The van der Waals surface area contributed by atoms with Gasteiger partial charge >= 0.3 is 0 Å². The molecule has 0 atom stereocenters. The maximum absolute atomic E-state index is 11.1. The van der Waals surface area contributed by atoms with Gasteiger partial charge in [-0.1, -0.05) is 19.9 Å². The summed E-state index contributed by atoms with van der Waals surface area (Å²) in [6.07, 6.45) is 3.78. The normalized spacial score (nSPS) is 24.3. The van der Waals surface area contributed by atoms with E-state index < -0.39 is 0 Å². The van der Waals surface area contributed by atoms with Gasteiger partial charge in [0.05, 0.1) is 3.58 Å². The topological polar surface area (TPSA) is 17.1 Å². The molecule has 0 aromatic carbocycles. The summed E-state index contributed by atoms with van der Waals surface area (Å²) in [6, 6.07) is 0. The van der Waals surface area contributed by atoms with Crippen LogP contribution in [0.2, 0.25) is 0 Å². The SMILES string of the molecule is CC1(C)CC=C(I)C(=O)C1. The highest BCUT2D eigenvalue weighted by atomic mass is 127. The average Bonchev–Trinajstić information content (AvgIpc) is 1.79. The minimum Gasteiger partial charge on any atom is -0.294 e. The molecule has 1 aliphatic carbocycles. The van der Waals surface area contributed by atoms with Crippen LogP contribution >= 0.6 is 22.6 Å². The Hall–Kier alpha value is 0.140. The molecule has 0 N–H and O–H groups in total. The summed E-state index contributed by atoms with van der Waals surface area (Å²) < 4.78 is 0.914. The van der Waals surface area contributed by atoms with Gasteiger partial charge in [-0.2, -0.15) is 0 Å². The first kappa shape index (κ1) is 8.24. The molecule has 56 valence electrons. The number of Topliss-reactive ketones (excluding diaryl/α,β-unsaturated/α-hetero) is 1. The lowest BCUT2D eigenvalue weighted by atomic mass is 9.80. The lowest BCUT2D eigenvalue weighted by molar-refractivity contribution is -0.117. The van der Waals surface area contributed by atoms with Crippen molar-refractivity contribution in [3.8, 4) is 0 Å². The van der Waals surface area contributed by atoms with E-state index in [4.69, 9.17) is 0 Å². The Labute approximate surface area is 75.0 Å². The molecule has 0 fully saturated rings. The van der Waals surface area contributed by atoms with Crippen molar-refractivity contribution in [3.63, 3.8) is 0 Å². The summed E-state index contributed by atoms with van der Waals surface area (Å²) in [7, 11) is 0. The Morgan fingerprint density at radius 2 is 2.20 bits per heavy atom. The fourth-order valence-electron chi connectivity index (χ4n) is 1.07. The third-order valence-electron chi connectivity index (χ3n) is 1.74. The molecule has 0 amide bonds. The van der Waals surface area contributed by atoms with Crippen molar-refractivity contribution in [2.24, 2.45) is 5.41 Å². The molecule has 0 spiro atoms. The molecule has 1 nitrogen and oxygen atoms in total. The van der Waals surface area contributed by atoms with Crippen molar-refractivity contribution in [3.05, 3.63) is 9.66 Å². The molecule has 0 heterocycles. The van der Waals surface area contributed by atoms with E-state index in [0.29, 0.717) is 12.2 Å². The molecule has 1 rings (SSSR count). The number of rotatable bonds is 0. The van der Waals surface area contributed by atoms with Crippen molar-refractivity contribution in [1.82, 2.24) is 0 Å². The third kappa shape index (κ3) is 1.81. The van der Waals surface area contributed by atoms with Crippen molar-refractivity contribution in [1.29, 1.82) is 0 Å². The number of carbonyl (C=O) groups excluding carboxylic acids is 1. The Morgan fingerprint density at radius 1 is 1.60 bits per heavy atom. The zero-order valence-electron chi connectivity index (χ0n) is 6.28. The van der Waals surface area contributed by atoms with E-state index in [-0.39, 0.29) is 5.41 Å². The predicted octanol–water partition coefficient (Wildman–Crippen LogP) is 2.69. The first-order chi connectivity index (χ1) is 4.51. The second-order valence-corrected chi connectivity index (χ2v) is 4.68. The third-order valence-corrected chi connectivity index (χ3v) is 2.78. The van der Waals surface area contributed by atoms with Crippen LogP contribution in [0.25, 0.3) is 0 Å². The van der Waals surface area contributed by atoms with Gasteiger partial charge < -0.3 is 0 Å². The lowest BCUT2D eigenvalue weighted by Gasteiger charge is -2.25. The molecular weight excluding hydrogens is 239 g/mol. The molecule has 0 aromatic rings. The summed E-state index contributed by atoms with van der Waals surface area (Å²) in [5, 5.41) is 0. The first-order valence-corrected chi connectivity index (χ1v) is 4.48. The Kier molecular flexibility index (Phi) is 2.18. The maximum Gasteiger partial charge on any atom is 0.169 e. The van der Waals surface area contributed by atoms with E-state index in [9.17, 15) is 4.79 Å². The van der Waals surface area contributed by atoms with Crippen molar-refractivity contribution >= 4 is 28.4 Å². The minimum absolute atomic E-state index is 0.200. The van der Waals surface area contributed by atoms with E-state index in [1.54, 1.807) is 0 Å². The van der Waals surface area contributed by atoms with Crippen LogP contribution in [0, 0.1) is 5.41 Å². The summed E-state index contributed by atoms with van der Waals surface area (Å²) in [6.45, 7) is 4.26. The van der Waals surface area contributed by atoms with Crippen LogP contribution in [0.1, 0.15) is 26.7 Å². The zero-order chi connectivity index (χ0) is 7.78. The van der Waals surface area contributed by atoms with Crippen LogP contribution < -0.4 is 0 Å². The molecule has 1 aliphatic rings. The van der Waals surface area contributed by atoms with Crippen LogP contribution in [0.15, 0.2) is 9.66 Å². The smallest absolute Gasteiger partial charge is 0.169 e. The van der Waals surface area contributed by atoms with Gasteiger partial charge in [-0.05, 0) is 34.4 Å². The second-order valence-electron chi connectivity index (χ2n) is 3.52. The number of allylic oxidation sites excluding steroid dienone is 2. The Bertz CT molecular complexity index is 191. The summed E-state index contributed by atoms with van der Waals surface area (Å²) in [5.41, 5.74) is 0.200. The second kappa shape index (κ2) is 2.64. The van der Waals surface area contributed by atoms with Gasteiger partial charge in [0, 0.05) is 6.42 Å². The molecule has 0 unspecified atom stereocenters. The highest BCUT2D eigenvalue weighted by molar-refractivity contribution is 14.1. The molecule has 0 radical (unpaired) electrons. The van der Waals surface area contributed by atoms with Crippen LogP contribution in [0.4, 0.5) is 0 Å².